The summed E-state index contributed by atoms with van der Waals surface area (Å²) in [5.41, 5.74) is 10.4. The van der Waals surface area contributed by atoms with Crippen LogP contribution in [0.4, 0.5) is 0 Å². The molecule has 1 N–H and O–H groups in total. The van der Waals surface area contributed by atoms with E-state index < -0.39 is 6.10 Å². The van der Waals surface area contributed by atoms with E-state index in [2.05, 4.69) is 103 Å². The van der Waals surface area contributed by atoms with Gasteiger partial charge < -0.3 is 5.11 Å². The summed E-state index contributed by atoms with van der Waals surface area (Å²) in [4.78, 5) is 0. The van der Waals surface area contributed by atoms with Gasteiger partial charge in [0.25, 0.3) is 0 Å². The lowest BCUT2D eigenvalue weighted by Crippen LogP contribution is -2.11. The molecule has 4 rings (SSSR count). The first-order chi connectivity index (χ1) is 17.6. The fourth-order valence-corrected chi connectivity index (χ4v) is 5.65. The van der Waals surface area contributed by atoms with Crippen LogP contribution in [0.25, 0.3) is 0 Å². The fraction of sp³-hybridized carbons (Fsp3) is 0.444. The summed E-state index contributed by atoms with van der Waals surface area (Å²) in [6.07, 6.45) is 18.7. The molecule has 0 aliphatic heterocycles. The quantitative estimate of drug-likeness (QED) is 0.280. The van der Waals surface area contributed by atoms with Crippen molar-refractivity contribution in [2.75, 3.05) is 0 Å². The van der Waals surface area contributed by atoms with Gasteiger partial charge >= 0.3 is 0 Å². The van der Waals surface area contributed by atoms with Crippen LogP contribution in [0, 0.1) is 24.2 Å². The van der Waals surface area contributed by atoms with Crippen LogP contribution >= 0.6 is 0 Å². The van der Waals surface area contributed by atoms with Crippen molar-refractivity contribution in [2.24, 2.45) is 17.3 Å². The molecule has 1 aromatic rings. The van der Waals surface area contributed by atoms with Crippen LogP contribution in [0.2, 0.25) is 0 Å². The molecule has 1 aromatic carbocycles. The van der Waals surface area contributed by atoms with Gasteiger partial charge in [0.1, 0.15) is 0 Å². The second-order valence-electron chi connectivity index (χ2n) is 12.4. The van der Waals surface area contributed by atoms with Gasteiger partial charge in [0.15, 0.2) is 0 Å². The van der Waals surface area contributed by atoms with E-state index in [1.807, 2.05) is 6.08 Å². The Hall–Kier alpha value is -2.64. The molecule has 37 heavy (non-hydrogen) atoms. The minimum Gasteiger partial charge on any atom is -0.385 e. The minimum absolute atomic E-state index is 0.219. The standard InChI is InChI=1S/C34H44O.C2H4/c1-23-7-10-26(11-8-23)12-13-27-14-16-29(20-27)31(17-18-34(4,5)6)25(3)30-21-32(33(35)22-30)28-15-9-24(2)19-28;1-2/h7-8,10-11,14,16-17,21-22,24,28,33,35H,3,9,12-13,15,18-20H2,1-2,4-6H3;1-2H2/b31-17-;. The first-order valence-electron chi connectivity index (χ1n) is 14.0. The summed E-state index contributed by atoms with van der Waals surface area (Å²) in [6.45, 7) is 21.9. The molecule has 0 amide bonds. The zero-order chi connectivity index (χ0) is 27.2. The SMILES string of the molecule is C=C.C=C(C1=CC(O)C(C2CCC(C)C2)=C1)/C(=C/CC(C)(C)C)C1=CC=C(CCc2ccc(C)cc2)C1. The summed E-state index contributed by atoms with van der Waals surface area (Å²) in [5, 5.41) is 10.9. The molecule has 1 nitrogen and oxygen atoms in total. The minimum atomic E-state index is -0.457. The number of hydrogen-bond acceptors (Lipinski definition) is 1. The van der Waals surface area contributed by atoms with Crippen molar-refractivity contribution < 1.29 is 5.11 Å². The number of allylic oxidation sites excluding steroid dienone is 9. The number of aliphatic hydroxyl groups is 1. The lowest BCUT2D eigenvalue weighted by Gasteiger charge is -2.19. The Morgan fingerprint density at radius 3 is 2.38 bits per heavy atom. The first-order valence-corrected chi connectivity index (χ1v) is 14.0. The Morgan fingerprint density at radius 1 is 1.05 bits per heavy atom. The highest BCUT2D eigenvalue weighted by atomic mass is 16.3. The molecule has 3 unspecified atom stereocenters. The molecule has 0 saturated heterocycles. The van der Waals surface area contributed by atoms with Crippen LogP contribution in [0.1, 0.15) is 77.3 Å². The van der Waals surface area contributed by atoms with E-state index in [9.17, 15) is 5.11 Å². The Bertz CT molecular complexity index is 1110. The molecule has 3 aliphatic rings. The lowest BCUT2D eigenvalue weighted by atomic mass is 9.86. The molecule has 1 heteroatoms. The highest BCUT2D eigenvalue weighted by Crippen LogP contribution is 2.42. The van der Waals surface area contributed by atoms with Gasteiger partial charge in [0, 0.05) is 0 Å². The van der Waals surface area contributed by atoms with Gasteiger partial charge in [-0.3, -0.25) is 0 Å². The summed E-state index contributed by atoms with van der Waals surface area (Å²) in [6, 6.07) is 8.92. The lowest BCUT2D eigenvalue weighted by molar-refractivity contribution is 0.246. The fourth-order valence-electron chi connectivity index (χ4n) is 5.65. The van der Waals surface area contributed by atoms with Crippen molar-refractivity contribution >= 4 is 0 Å². The van der Waals surface area contributed by atoms with Crippen LogP contribution in [0.5, 0.6) is 0 Å². The second-order valence-corrected chi connectivity index (χ2v) is 12.4. The average molecular weight is 497 g/mol. The zero-order valence-corrected chi connectivity index (χ0v) is 23.9. The second kappa shape index (κ2) is 12.7. The molecule has 0 bridgehead atoms. The van der Waals surface area contributed by atoms with Gasteiger partial charge in [-0.25, -0.2) is 0 Å². The normalized spacial score (nSPS) is 23.6. The van der Waals surface area contributed by atoms with Gasteiger partial charge in [-0.2, -0.15) is 0 Å². The molecule has 1 fully saturated rings. The Labute approximate surface area is 226 Å². The van der Waals surface area contributed by atoms with Gasteiger partial charge in [-0.1, -0.05) is 100 Å². The Kier molecular flexibility index (Phi) is 9.96. The molecule has 0 aromatic heterocycles. The van der Waals surface area contributed by atoms with Crippen molar-refractivity contribution in [1.29, 1.82) is 0 Å². The highest BCUT2D eigenvalue weighted by molar-refractivity contribution is 5.63. The van der Waals surface area contributed by atoms with Crippen molar-refractivity contribution in [3.63, 3.8) is 0 Å². The zero-order valence-electron chi connectivity index (χ0n) is 23.9. The molecule has 198 valence electrons. The van der Waals surface area contributed by atoms with E-state index in [0.29, 0.717) is 5.92 Å². The third-order valence-electron chi connectivity index (χ3n) is 7.90. The predicted octanol–water partition coefficient (Wildman–Crippen LogP) is 9.57. The third kappa shape index (κ3) is 7.92. The van der Waals surface area contributed by atoms with Crippen LogP contribution in [-0.4, -0.2) is 11.2 Å². The number of rotatable bonds is 8. The van der Waals surface area contributed by atoms with Crippen LogP contribution in [0.15, 0.2) is 108 Å². The first kappa shape index (κ1) is 28.9. The maximum Gasteiger partial charge on any atom is 0.0946 e. The van der Waals surface area contributed by atoms with E-state index in [1.165, 1.54) is 52.7 Å². The molecule has 0 spiro atoms. The topological polar surface area (TPSA) is 20.2 Å². The monoisotopic (exact) mass is 496 g/mol. The summed E-state index contributed by atoms with van der Waals surface area (Å²) >= 11 is 0. The van der Waals surface area contributed by atoms with E-state index in [-0.39, 0.29) is 5.41 Å². The molecule has 3 atom stereocenters. The van der Waals surface area contributed by atoms with Gasteiger partial charge in [-0.15, -0.1) is 13.2 Å². The third-order valence-corrected chi connectivity index (χ3v) is 7.90. The van der Waals surface area contributed by atoms with E-state index in [0.717, 1.165) is 42.7 Å². The van der Waals surface area contributed by atoms with Gasteiger partial charge in [-0.05, 0) is 102 Å². The van der Waals surface area contributed by atoms with Gasteiger partial charge in [0.05, 0.1) is 6.10 Å². The molecular weight excluding hydrogens is 448 g/mol. The van der Waals surface area contributed by atoms with Crippen molar-refractivity contribution in [2.45, 2.75) is 85.7 Å². The van der Waals surface area contributed by atoms with E-state index in [1.54, 1.807) is 0 Å². The average Bonchev–Trinajstić information content (AvgIpc) is 3.59. The van der Waals surface area contributed by atoms with Crippen molar-refractivity contribution in [3.05, 3.63) is 119 Å². The number of aliphatic hydroxyl groups excluding tert-OH is 1. The predicted molar refractivity (Wildman–Crippen MR) is 162 cm³/mol. The molecule has 0 heterocycles. The van der Waals surface area contributed by atoms with Gasteiger partial charge in [0.2, 0.25) is 0 Å². The maximum atomic E-state index is 10.9. The summed E-state index contributed by atoms with van der Waals surface area (Å²) < 4.78 is 0. The summed E-state index contributed by atoms with van der Waals surface area (Å²) in [7, 11) is 0. The number of benzene rings is 1. The Morgan fingerprint density at radius 2 is 1.76 bits per heavy atom. The Balaban J connectivity index is 0.00000186. The van der Waals surface area contributed by atoms with Crippen LogP contribution in [-0.2, 0) is 6.42 Å². The van der Waals surface area contributed by atoms with Crippen LogP contribution < -0.4 is 0 Å². The number of hydrogen-bond donors (Lipinski definition) is 1. The number of aryl methyl sites for hydroxylation is 2. The maximum absolute atomic E-state index is 10.9. The molecule has 3 aliphatic carbocycles. The molecular formula is C36H48O. The van der Waals surface area contributed by atoms with Crippen LogP contribution in [0.3, 0.4) is 0 Å². The molecule has 1 saturated carbocycles. The van der Waals surface area contributed by atoms with Crippen molar-refractivity contribution in [3.8, 4) is 0 Å². The highest BCUT2D eigenvalue weighted by Gasteiger charge is 2.31. The molecule has 0 radical (unpaired) electrons. The largest absolute Gasteiger partial charge is 0.385 e. The smallest absolute Gasteiger partial charge is 0.0946 e. The van der Waals surface area contributed by atoms with Crippen molar-refractivity contribution in [1.82, 2.24) is 0 Å². The van der Waals surface area contributed by atoms with E-state index in [4.69, 9.17) is 0 Å². The summed E-state index contributed by atoms with van der Waals surface area (Å²) in [5.74, 6) is 1.28. The van der Waals surface area contributed by atoms with E-state index >= 15 is 0 Å².